The van der Waals surface area contributed by atoms with Gasteiger partial charge in [0.25, 0.3) is 0 Å². The van der Waals surface area contributed by atoms with Crippen LogP contribution in [0.25, 0.3) is 0 Å². The van der Waals surface area contributed by atoms with Gasteiger partial charge in [0, 0.05) is 19.4 Å². The number of ether oxygens (including phenoxy) is 2. The Kier molecular flexibility index (Phi) is 5.64. The predicted molar refractivity (Wildman–Crippen MR) is 85.4 cm³/mol. The van der Waals surface area contributed by atoms with Gasteiger partial charge in [0.05, 0.1) is 13.2 Å². The standard InChI is InChI=1S/C18H23NO3/c1-4-15-6-8-16(9-7-15)21-12-5-13-22-18-14(2)19(3)11-10-17(18)20/h6-11H,4-5,12-13H2,1-3H3/p+1. The number of benzene rings is 1. The molecule has 1 heterocycles. The monoisotopic (exact) mass is 302 g/mol. The van der Waals surface area contributed by atoms with Crippen molar-refractivity contribution in [3.63, 3.8) is 0 Å². The van der Waals surface area contributed by atoms with Crippen molar-refractivity contribution in [3.05, 3.63) is 47.8 Å². The summed E-state index contributed by atoms with van der Waals surface area (Å²) in [4.78, 5) is 0. The van der Waals surface area contributed by atoms with Crippen molar-refractivity contribution in [1.82, 2.24) is 0 Å². The van der Waals surface area contributed by atoms with Crippen LogP contribution in [0, 0.1) is 6.92 Å². The van der Waals surface area contributed by atoms with Crippen molar-refractivity contribution >= 4 is 0 Å². The number of pyridine rings is 1. The molecule has 2 rings (SSSR count). The average Bonchev–Trinajstić information content (AvgIpc) is 2.54. The number of nitrogens with zero attached hydrogens (tertiary/aromatic N) is 1. The second-order valence-corrected chi connectivity index (χ2v) is 5.27. The number of hydrogen-bond acceptors (Lipinski definition) is 3. The lowest BCUT2D eigenvalue weighted by Crippen LogP contribution is -2.31. The fraction of sp³-hybridized carbons (Fsp3) is 0.389. The van der Waals surface area contributed by atoms with Crippen LogP contribution >= 0.6 is 0 Å². The summed E-state index contributed by atoms with van der Waals surface area (Å²) in [6.07, 6.45) is 3.60. The Morgan fingerprint density at radius 3 is 2.41 bits per heavy atom. The van der Waals surface area contributed by atoms with E-state index in [9.17, 15) is 5.11 Å². The zero-order valence-corrected chi connectivity index (χ0v) is 13.5. The van der Waals surface area contributed by atoms with E-state index >= 15 is 0 Å². The molecular weight excluding hydrogens is 278 g/mol. The minimum absolute atomic E-state index is 0.173. The molecular formula is C18H24NO3+. The normalized spacial score (nSPS) is 10.5. The molecule has 2 aromatic rings. The first-order valence-corrected chi connectivity index (χ1v) is 7.64. The molecule has 0 saturated heterocycles. The van der Waals surface area contributed by atoms with Gasteiger partial charge in [-0.15, -0.1) is 0 Å². The molecule has 4 nitrogen and oxygen atoms in total. The Morgan fingerprint density at radius 2 is 1.73 bits per heavy atom. The fourth-order valence-corrected chi connectivity index (χ4v) is 2.14. The number of hydrogen-bond donors (Lipinski definition) is 1. The van der Waals surface area contributed by atoms with Crippen LogP contribution < -0.4 is 14.0 Å². The molecule has 0 aliphatic heterocycles. The van der Waals surface area contributed by atoms with Crippen LogP contribution in [-0.2, 0) is 13.5 Å². The van der Waals surface area contributed by atoms with Crippen LogP contribution in [0.2, 0.25) is 0 Å². The van der Waals surface area contributed by atoms with E-state index in [0.29, 0.717) is 19.0 Å². The van der Waals surface area contributed by atoms with Crippen LogP contribution in [0.3, 0.4) is 0 Å². The van der Waals surface area contributed by atoms with Crippen LogP contribution in [-0.4, -0.2) is 18.3 Å². The molecule has 22 heavy (non-hydrogen) atoms. The molecule has 1 aromatic heterocycles. The first kappa shape index (κ1) is 16.1. The van der Waals surface area contributed by atoms with E-state index in [1.807, 2.05) is 30.7 Å². The maximum absolute atomic E-state index is 9.83. The first-order chi connectivity index (χ1) is 10.6. The van der Waals surface area contributed by atoms with Crippen molar-refractivity contribution in [2.45, 2.75) is 26.7 Å². The number of aromatic nitrogens is 1. The highest BCUT2D eigenvalue weighted by molar-refractivity contribution is 5.38. The Balaban J connectivity index is 1.76. The topological polar surface area (TPSA) is 42.6 Å². The van der Waals surface area contributed by atoms with Crippen molar-refractivity contribution < 1.29 is 19.1 Å². The molecule has 0 fully saturated rings. The highest BCUT2D eigenvalue weighted by Gasteiger charge is 2.14. The third kappa shape index (κ3) is 4.13. The van der Waals surface area contributed by atoms with Gasteiger partial charge in [-0.25, -0.2) is 4.57 Å². The van der Waals surface area contributed by atoms with Crippen molar-refractivity contribution in [2.24, 2.45) is 7.05 Å². The zero-order valence-electron chi connectivity index (χ0n) is 13.5. The molecule has 1 N–H and O–H groups in total. The first-order valence-electron chi connectivity index (χ1n) is 7.64. The largest absolute Gasteiger partial charge is 0.504 e. The van der Waals surface area contributed by atoms with Gasteiger partial charge in [0.2, 0.25) is 11.4 Å². The van der Waals surface area contributed by atoms with Gasteiger partial charge in [-0.3, -0.25) is 0 Å². The molecule has 0 spiro atoms. The fourth-order valence-electron chi connectivity index (χ4n) is 2.14. The van der Waals surface area contributed by atoms with Gasteiger partial charge < -0.3 is 14.6 Å². The van der Waals surface area contributed by atoms with Gasteiger partial charge in [0.1, 0.15) is 12.8 Å². The molecule has 0 atom stereocenters. The highest BCUT2D eigenvalue weighted by atomic mass is 16.5. The highest BCUT2D eigenvalue weighted by Crippen LogP contribution is 2.26. The molecule has 0 aliphatic rings. The summed E-state index contributed by atoms with van der Waals surface area (Å²) >= 11 is 0. The lowest BCUT2D eigenvalue weighted by atomic mass is 10.2. The molecule has 0 saturated carbocycles. The van der Waals surface area contributed by atoms with E-state index in [4.69, 9.17) is 9.47 Å². The van der Waals surface area contributed by atoms with Gasteiger partial charge in [-0.05, 0) is 24.1 Å². The van der Waals surface area contributed by atoms with E-state index in [-0.39, 0.29) is 5.75 Å². The Morgan fingerprint density at radius 1 is 1.05 bits per heavy atom. The molecule has 1 aromatic carbocycles. The second-order valence-electron chi connectivity index (χ2n) is 5.27. The molecule has 0 bridgehead atoms. The van der Waals surface area contributed by atoms with Gasteiger partial charge in [-0.1, -0.05) is 19.1 Å². The Bertz CT molecular complexity index is 608. The number of rotatable bonds is 7. The summed E-state index contributed by atoms with van der Waals surface area (Å²) < 4.78 is 13.3. The van der Waals surface area contributed by atoms with E-state index in [2.05, 4.69) is 19.1 Å². The van der Waals surface area contributed by atoms with Gasteiger partial charge in [0.15, 0.2) is 11.9 Å². The Labute approximate surface area is 131 Å². The summed E-state index contributed by atoms with van der Waals surface area (Å²) in [6.45, 7) is 5.14. The summed E-state index contributed by atoms with van der Waals surface area (Å²) in [5.41, 5.74) is 2.20. The third-order valence-corrected chi connectivity index (χ3v) is 3.68. The average molecular weight is 302 g/mol. The summed E-state index contributed by atoms with van der Waals surface area (Å²) in [5.74, 6) is 1.59. The van der Waals surface area contributed by atoms with Crippen LogP contribution in [0.5, 0.6) is 17.2 Å². The maximum atomic E-state index is 9.83. The molecule has 0 amide bonds. The summed E-state index contributed by atoms with van der Waals surface area (Å²) in [6, 6.07) is 9.78. The van der Waals surface area contributed by atoms with E-state index in [0.717, 1.165) is 24.3 Å². The van der Waals surface area contributed by atoms with Crippen molar-refractivity contribution in [1.29, 1.82) is 0 Å². The summed E-state index contributed by atoms with van der Waals surface area (Å²) in [7, 11) is 1.92. The lowest BCUT2D eigenvalue weighted by Gasteiger charge is -2.10. The third-order valence-electron chi connectivity index (χ3n) is 3.68. The number of aromatic hydroxyl groups is 1. The quantitative estimate of drug-likeness (QED) is 0.631. The number of aryl methyl sites for hydroxylation is 2. The second kappa shape index (κ2) is 7.69. The van der Waals surface area contributed by atoms with E-state index in [1.165, 1.54) is 5.56 Å². The molecule has 4 heteroatoms. The minimum atomic E-state index is 0.173. The minimum Gasteiger partial charge on any atom is -0.504 e. The SMILES string of the molecule is CCc1ccc(OCCCOc2c(O)cc[n+](C)c2C)cc1. The predicted octanol–water partition coefficient (Wildman–Crippen LogP) is 2.94. The zero-order chi connectivity index (χ0) is 15.9. The maximum Gasteiger partial charge on any atom is 0.228 e. The van der Waals surface area contributed by atoms with Crippen LogP contribution in [0.15, 0.2) is 36.5 Å². The molecule has 0 aliphatic carbocycles. The summed E-state index contributed by atoms with van der Waals surface area (Å²) in [5, 5.41) is 9.83. The molecule has 0 radical (unpaired) electrons. The van der Waals surface area contributed by atoms with Crippen molar-refractivity contribution in [2.75, 3.05) is 13.2 Å². The Hall–Kier alpha value is -2.23. The van der Waals surface area contributed by atoms with Gasteiger partial charge >= 0.3 is 0 Å². The van der Waals surface area contributed by atoms with Crippen LogP contribution in [0.4, 0.5) is 0 Å². The van der Waals surface area contributed by atoms with Crippen molar-refractivity contribution in [3.8, 4) is 17.2 Å². The van der Waals surface area contributed by atoms with Crippen LogP contribution in [0.1, 0.15) is 24.6 Å². The molecule has 0 unspecified atom stereocenters. The van der Waals surface area contributed by atoms with E-state index in [1.54, 1.807) is 12.3 Å². The smallest absolute Gasteiger partial charge is 0.228 e. The van der Waals surface area contributed by atoms with E-state index < -0.39 is 0 Å². The van der Waals surface area contributed by atoms with Gasteiger partial charge in [-0.2, -0.15) is 0 Å². The lowest BCUT2D eigenvalue weighted by molar-refractivity contribution is -0.678. The molecule has 118 valence electrons.